The number of methoxy groups -OCH3 is 1. The molecule has 4 amide bonds. The zero-order valence-electron chi connectivity index (χ0n) is 42.7. The highest BCUT2D eigenvalue weighted by Gasteiger charge is 2.48. The molecule has 6 aromatic rings. The lowest BCUT2D eigenvalue weighted by Crippen LogP contribution is -2.48. The maximum Gasteiger partial charge on any atom is 0.508 e. The van der Waals surface area contributed by atoms with E-state index < -0.39 is 99.3 Å². The zero-order valence-corrected chi connectivity index (χ0v) is 45.1. The fraction of sp³-hybridized carbons (Fsp3) is 0.288. The van der Waals surface area contributed by atoms with Gasteiger partial charge in [0.05, 0.1) is 43.2 Å². The van der Waals surface area contributed by atoms with E-state index in [9.17, 15) is 65.1 Å². The highest BCUT2D eigenvalue weighted by atomic mass is 33.1. The molecule has 22 nitrogen and oxygen atoms in total. The van der Waals surface area contributed by atoms with Crippen molar-refractivity contribution < 1.29 is 74.1 Å². The molecule has 2 aromatic carbocycles. The average molecular weight is 1180 g/mol. The number of nitriles is 1. The zero-order chi connectivity index (χ0) is 58.4. The van der Waals surface area contributed by atoms with Gasteiger partial charge in [0.2, 0.25) is 23.6 Å². The van der Waals surface area contributed by atoms with E-state index >= 15 is 0 Å². The molecular weight excluding hydrogens is 1130 g/mol. The number of anilines is 1. The van der Waals surface area contributed by atoms with E-state index in [0.29, 0.717) is 39.4 Å². The van der Waals surface area contributed by atoms with Gasteiger partial charge >= 0.3 is 12.1 Å². The molecule has 0 saturated carbocycles. The van der Waals surface area contributed by atoms with E-state index in [1.165, 1.54) is 55.4 Å². The van der Waals surface area contributed by atoms with Crippen LogP contribution in [0.1, 0.15) is 47.9 Å². The lowest BCUT2D eigenvalue weighted by molar-refractivity contribution is -0.141. The van der Waals surface area contributed by atoms with Crippen LogP contribution in [0.2, 0.25) is 0 Å². The number of alkyl halides is 2. The van der Waals surface area contributed by atoms with Crippen LogP contribution in [-0.4, -0.2) is 130 Å². The molecule has 5 N–H and O–H groups in total. The molecule has 1 aliphatic rings. The maximum absolute atomic E-state index is 14.5. The number of nitrogens with zero attached hydrogens (tertiary/aromatic N) is 6. The number of carbonyl (C=O) groups is 6. The number of sulfonamides is 1. The summed E-state index contributed by atoms with van der Waals surface area (Å²) < 4.78 is 99.8. The van der Waals surface area contributed by atoms with Gasteiger partial charge in [0.1, 0.15) is 53.6 Å². The van der Waals surface area contributed by atoms with Crippen molar-refractivity contribution in [1.82, 2.24) is 40.8 Å². The maximum atomic E-state index is 14.5. The number of aromatic nitrogens is 4. The van der Waals surface area contributed by atoms with Crippen molar-refractivity contribution in [2.45, 2.75) is 68.3 Å². The number of nitrogens with one attached hydrogen (secondary N) is 4. The summed E-state index contributed by atoms with van der Waals surface area (Å²) >= 11 is 0. The molecular formula is C52H48F4N10O12S3. The summed E-state index contributed by atoms with van der Waals surface area (Å²) in [5, 5.41) is 26.9. The van der Waals surface area contributed by atoms with Gasteiger partial charge in [0, 0.05) is 83.7 Å². The highest BCUT2D eigenvalue weighted by Crippen LogP contribution is 2.35. The number of carbonyl (C=O) groups excluding carboxylic acids is 5. The molecule has 0 spiro atoms. The molecule has 3 atom stereocenters. The minimum atomic E-state index is -4.53. The van der Waals surface area contributed by atoms with Crippen molar-refractivity contribution in [3.8, 4) is 34.2 Å². The van der Waals surface area contributed by atoms with Gasteiger partial charge in [-0.3, -0.25) is 38.9 Å². The van der Waals surface area contributed by atoms with Gasteiger partial charge in [-0.1, -0.05) is 33.7 Å². The molecule has 5 heterocycles. The number of rotatable bonds is 24. The van der Waals surface area contributed by atoms with Crippen LogP contribution >= 0.6 is 21.6 Å². The van der Waals surface area contributed by atoms with E-state index in [1.807, 2.05) is 6.07 Å². The number of amides is 4. The van der Waals surface area contributed by atoms with Crippen molar-refractivity contribution in [2.24, 2.45) is 0 Å². The smallest absolute Gasteiger partial charge is 0.480 e. The van der Waals surface area contributed by atoms with Gasteiger partial charge < -0.3 is 40.2 Å². The second-order valence-corrected chi connectivity index (χ2v) is 22.0. The number of benzene rings is 2. The third-order valence-corrected chi connectivity index (χ3v) is 15.7. The summed E-state index contributed by atoms with van der Waals surface area (Å²) in [7, 11) is -0.986. The molecule has 424 valence electrons. The number of halogens is 4. The Morgan fingerprint density at radius 1 is 0.864 bits per heavy atom. The number of aliphatic carboxylic acids is 1. The van der Waals surface area contributed by atoms with E-state index in [2.05, 4.69) is 40.6 Å². The topological polar surface area (TPSA) is 311 Å². The predicted molar refractivity (Wildman–Crippen MR) is 285 cm³/mol. The number of fused-ring (bicyclic) bond motifs is 1. The molecule has 0 aliphatic carbocycles. The summed E-state index contributed by atoms with van der Waals surface area (Å²) in [6.07, 6.45) is 3.46. The molecule has 81 heavy (non-hydrogen) atoms. The molecule has 0 bridgehead atoms. The number of hydrogen-bond acceptors (Lipinski definition) is 18. The highest BCUT2D eigenvalue weighted by molar-refractivity contribution is 8.76. The van der Waals surface area contributed by atoms with Crippen molar-refractivity contribution in [3.63, 3.8) is 0 Å². The first-order chi connectivity index (χ1) is 38.6. The molecule has 1 saturated heterocycles. The Bertz CT molecular complexity index is 3510. The van der Waals surface area contributed by atoms with Gasteiger partial charge in [-0.2, -0.15) is 5.26 Å². The minimum absolute atomic E-state index is 0.0419. The molecule has 3 unspecified atom stereocenters. The average Bonchev–Trinajstić information content (AvgIpc) is 3.87. The van der Waals surface area contributed by atoms with Crippen molar-refractivity contribution in [1.29, 1.82) is 5.26 Å². The number of hydrogen-bond donors (Lipinski definition) is 5. The Morgan fingerprint density at radius 3 is 2.35 bits per heavy atom. The number of ether oxygens (including phenoxy) is 3. The molecule has 29 heteroatoms. The third kappa shape index (κ3) is 16.3. The number of pyridine rings is 4. The Kier molecular flexibility index (Phi) is 20.0. The van der Waals surface area contributed by atoms with Crippen LogP contribution in [0.25, 0.3) is 33.2 Å². The third-order valence-electron chi connectivity index (χ3n) is 11.9. The molecule has 7 rings (SSSR count). The SMILES string of the molecule is COc1ncc(-c2ccc3nccc(-c4ccc(COC(=O)OCCSSCC(NC(=O)CCC(=O)NCc5cc(C(=O)NC(C)C(=O)N6CC(F)(F)CC6C#N)ccn5)C(=O)O)nc4)c3c2)cc1NS(=O)(=O)c1ccc(F)cc1F. The van der Waals surface area contributed by atoms with E-state index in [4.69, 9.17) is 14.2 Å². The Morgan fingerprint density at radius 2 is 1.62 bits per heavy atom. The fourth-order valence-corrected chi connectivity index (χ4v) is 11.0. The quantitative estimate of drug-likeness (QED) is 0.0189. The van der Waals surface area contributed by atoms with Gasteiger partial charge in [-0.25, -0.2) is 40.6 Å². The van der Waals surface area contributed by atoms with Crippen molar-refractivity contribution in [2.75, 3.05) is 36.5 Å². The molecule has 4 aromatic heterocycles. The van der Waals surface area contributed by atoms with Crippen LogP contribution in [0.4, 0.5) is 28.0 Å². The summed E-state index contributed by atoms with van der Waals surface area (Å²) in [6.45, 7) is -0.134. The summed E-state index contributed by atoms with van der Waals surface area (Å²) in [5.74, 6) is -9.60. The fourth-order valence-electron chi connectivity index (χ4n) is 7.91. The van der Waals surface area contributed by atoms with Crippen LogP contribution in [0.15, 0.2) is 102 Å². The van der Waals surface area contributed by atoms with Crippen molar-refractivity contribution >= 4 is 84.0 Å². The number of likely N-dealkylation sites (tertiary alicyclic amines) is 1. The number of carboxylic acid groups (broad SMARTS) is 1. The van der Waals surface area contributed by atoms with E-state index in [0.717, 1.165) is 33.4 Å². The first-order valence-corrected chi connectivity index (χ1v) is 28.1. The normalized spacial score (nSPS) is 14.4. The lowest BCUT2D eigenvalue weighted by Gasteiger charge is -2.23. The molecule has 1 fully saturated rings. The number of carboxylic acids is 1. The second kappa shape index (κ2) is 27.0. The Balaban J connectivity index is 0.803. The van der Waals surface area contributed by atoms with Crippen LogP contribution in [0, 0.1) is 23.0 Å². The second-order valence-electron chi connectivity index (χ2n) is 17.7. The van der Waals surface area contributed by atoms with Gasteiger partial charge in [-0.15, -0.1) is 0 Å². The van der Waals surface area contributed by atoms with Gasteiger partial charge in [-0.05, 0) is 72.6 Å². The van der Waals surface area contributed by atoms with Crippen molar-refractivity contribution in [3.05, 3.63) is 126 Å². The first kappa shape index (κ1) is 60.0. The van der Waals surface area contributed by atoms with Crippen LogP contribution in [0.3, 0.4) is 0 Å². The van der Waals surface area contributed by atoms with Gasteiger partial charge in [0.25, 0.3) is 21.9 Å². The van der Waals surface area contributed by atoms with Gasteiger partial charge in [0.15, 0.2) is 0 Å². The Labute approximate surface area is 467 Å². The van der Waals surface area contributed by atoms with E-state index in [-0.39, 0.29) is 66.9 Å². The van der Waals surface area contributed by atoms with Crippen LogP contribution < -0.4 is 25.4 Å². The summed E-state index contributed by atoms with van der Waals surface area (Å²) in [6, 6.07) is 14.5. The summed E-state index contributed by atoms with van der Waals surface area (Å²) in [5.41, 5.74) is 3.66. The predicted octanol–water partition coefficient (Wildman–Crippen LogP) is 6.42. The molecule has 1 aliphatic heterocycles. The lowest BCUT2D eigenvalue weighted by atomic mass is 9.98. The first-order valence-electron chi connectivity index (χ1n) is 24.2. The standard InChI is InChI=1S/C52H48F4N10O12S3/c1-29(49(70)66-28-52(55,56)21-37(66)22-57)63-47(69)31-11-13-58-36(17-31)25-61-45(67)9-10-46(68)64-43(50(71)72)27-80-79-16-15-77-51(73)78-26-35-6-3-32(23-60-35)38-12-14-59-41-7-4-30(18-39(38)41)33-19-42(48(76-2)62-24-33)65-81(74,75)44-8-5-34(53)20-40(44)54/h3-8,11-14,17-20,23-24,29,37,43,65H,9-10,15-16,21,25-28H2,1-2H3,(H,61,67)(H,63,69)(H,64,68)(H,71,72). The molecule has 0 radical (unpaired) electrons. The minimum Gasteiger partial charge on any atom is -0.480 e. The monoisotopic (exact) mass is 1180 g/mol. The largest absolute Gasteiger partial charge is 0.508 e. The van der Waals surface area contributed by atoms with E-state index in [1.54, 1.807) is 48.8 Å². The van der Waals surface area contributed by atoms with Crippen LogP contribution in [-0.2, 0) is 51.8 Å². The van der Waals surface area contributed by atoms with Crippen LogP contribution in [0.5, 0.6) is 5.88 Å². The summed E-state index contributed by atoms with van der Waals surface area (Å²) in [4.78, 5) is 92.1. The Hall–Kier alpha value is -8.62.